The van der Waals surface area contributed by atoms with E-state index in [9.17, 15) is 18.0 Å². The molecule has 1 N–H and O–H groups in total. The fraction of sp³-hybridized carbons (Fsp3) is 0.297. The van der Waals surface area contributed by atoms with E-state index in [1.807, 2.05) is 94.4 Å². The lowest BCUT2D eigenvalue weighted by atomic mass is 10.0. The molecule has 248 valence electrons. The van der Waals surface area contributed by atoms with Crippen molar-refractivity contribution in [2.45, 2.75) is 57.6 Å². The number of nitrogens with zero attached hydrogens (tertiary/aromatic N) is 2. The SMILES string of the molecule is COc1ccc(S(=O)(=O)N(CC(=O)N(Cc2ccccc2)[C@@H](Cc2ccccc2)C(=O)NC(C)C)c2cc(C)cc(C)c2)cc1OC. The lowest BCUT2D eigenvalue weighted by molar-refractivity contribution is -0.140. The Kier molecular flexibility index (Phi) is 11.7. The zero-order valence-corrected chi connectivity index (χ0v) is 28.6. The molecule has 0 aliphatic heterocycles. The Labute approximate surface area is 278 Å². The van der Waals surface area contributed by atoms with Crippen LogP contribution in [-0.4, -0.2) is 58.0 Å². The number of carbonyl (C=O) groups is 2. The molecule has 4 aromatic rings. The van der Waals surface area contributed by atoms with Gasteiger partial charge in [-0.05, 0) is 74.2 Å². The average Bonchev–Trinajstić information content (AvgIpc) is 3.04. The van der Waals surface area contributed by atoms with Crippen LogP contribution in [0.4, 0.5) is 5.69 Å². The number of hydrogen-bond acceptors (Lipinski definition) is 6. The van der Waals surface area contributed by atoms with Gasteiger partial charge in [0.15, 0.2) is 11.5 Å². The third-order valence-electron chi connectivity index (χ3n) is 7.61. The topological polar surface area (TPSA) is 105 Å². The maximum absolute atomic E-state index is 14.6. The summed E-state index contributed by atoms with van der Waals surface area (Å²) in [5.41, 5.74) is 3.67. The van der Waals surface area contributed by atoms with Crippen molar-refractivity contribution < 1.29 is 27.5 Å². The number of hydrogen-bond donors (Lipinski definition) is 1. The summed E-state index contributed by atoms with van der Waals surface area (Å²) in [5, 5.41) is 2.97. The van der Waals surface area contributed by atoms with E-state index in [2.05, 4.69) is 5.32 Å². The number of anilines is 1. The van der Waals surface area contributed by atoms with Crippen LogP contribution in [0.1, 0.15) is 36.1 Å². The quantitative estimate of drug-likeness (QED) is 0.187. The Hall–Kier alpha value is -4.83. The number of benzene rings is 4. The number of amides is 2. The number of rotatable bonds is 14. The highest BCUT2D eigenvalue weighted by atomic mass is 32.2. The summed E-state index contributed by atoms with van der Waals surface area (Å²) in [4.78, 5) is 29.9. The molecule has 9 nitrogen and oxygen atoms in total. The first kappa shape index (κ1) is 35.0. The van der Waals surface area contributed by atoms with Gasteiger partial charge in [-0.25, -0.2) is 8.42 Å². The van der Waals surface area contributed by atoms with Crippen molar-refractivity contribution in [3.05, 3.63) is 119 Å². The predicted molar refractivity (Wildman–Crippen MR) is 184 cm³/mol. The molecule has 1 atom stereocenters. The first-order valence-corrected chi connectivity index (χ1v) is 16.9. The second-order valence-electron chi connectivity index (χ2n) is 11.8. The summed E-state index contributed by atoms with van der Waals surface area (Å²) in [6.45, 7) is 7.00. The molecule has 0 saturated heterocycles. The Morgan fingerprint density at radius 1 is 0.766 bits per heavy atom. The van der Waals surface area contributed by atoms with E-state index in [-0.39, 0.29) is 35.6 Å². The highest BCUT2D eigenvalue weighted by Crippen LogP contribution is 2.33. The Morgan fingerprint density at radius 2 is 1.34 bits per heavy atom. The molecule has 4 aromatic carbocycles. The molecule has 2 amide bonds. The van der Waals surface area contributed by atoms with Crippen LogP contribution in [0.15, 0.2) is 102 Å². The van der Waals surface area contributed by atoms with E-state index in [1.165, 1.54) is 37.3 Å². The second kappa shape index (κ2) is 15.6. The maximum atomic E-state index is 14.6. The zero-order valence-electron chi connectivity index (χ0n) is 27.8. The number of sulfonamides is 1. The number of aryl methyl sites for hydroxylation is 2. The van der Waals surface area contributed by atoms with Gasteiger partial charge in [-0.3, -0.25) is 13.9 Å². The standard InChI is InChI=1S/C37H43N3O6S/c1-26(2)38-37(42)33(22-29-13-9-7-10-14-29)39(24-30-15-11-8-12-16-30)36(41)25-40(31-20-27(3)19-28(4)21-31)47(43,44)32-17-18-34(45-5)35(23-32)46-6/h7-21,23,26,33H,22,24-25H2,1-6H3,(H,38,42)/t33-/m0/s1. The third kappa shape index (κ3) is 8.92. The van der Waals surface area contributed by atoms with Crippen molar-refractivity contribution in [1.29, 1.82) is 0 Å². The first-order valence-electron chi connectivity index (χ1n) is 15.4. The van der Waals surface area contributed by atoms with Crippen molar-refractivity contribution in [3.63, 3.8) is 0 Å². The molecule has 4 rings (SSSR count). The second-order valence-corrected chi connectivity index (χ2v) is 13.6. The van der Waals surface area contributed by atoms with Crippen molar-refractivity contribution in [2.75, 3.05) is 25.1 Å². The van der Waals surface area contributed by atoms with E-state index in [4.69, 9.17) is 9.47 Å². The van der Waals surface area contributed by atoms with E-state index >= 15 is 0 Å². The van der Waals surface area contributed by atoms with Gasteiger partial charge in [0.2, 0.25) is 11.8 Å². The molecular weight excluding hydrogens is 614 g/mol. The van der Waals surface area contributed by atoms with Gasteiger partial charge in [-0.1, -0.05) is 66.7 Å². The summed E-state index contributed by atoms with van der Waals surface area (Å²) in [7, 11) is -1.43. The molecule has 0 radical (unpaired) electrons. The Balaban J connectivity index is 1.84. The lowest BCUT2D eigenvalue weighted by Gasteiger charge is -2.34. The predicted octanol–water partition coefficient (Wildman–Crippen LogP) is 5.68. The van der Waals surface area contributed by atoms with Crippen LogP contribution >= 0.6 is 0 Å². The Bertz CT molecular complexity index is 1760. The largest absolute Gasteiger partial charge is 0.493 e. The minimum Gasteiger partial charge on any atom is -0.493 e. The molecule has 0 spiro atoms. The third-order valence-corrected chi connectivity index (χ3v) is 9.38. The molecular formula is C37H43N3O6S. The fourth-order valence-corrected chi connectivity index (χ4v) is 6.86. The molecule has 47 heavy (non-hydrogen) atoms. The minimum absolute atomic E-state index is 0.0740. The highest BCUT2D eigenvalue weighted by Gasteiger charge is 2.35. The van der Waals surface area contributed by atoms with Crippen molar-refractivity contribution in [1.82, 2.24) is 10.2 Å². The van der Waals surface area contributed by atoms with E-state index in [1.54, 1.807) is 12.1 Å². The molecule has 10 heteroatoms. The van der Waals surface area contributed by atoms with Crippen molar-refractivity contribution in [2.24, 2.45) is 0 Å². The number of ether oxygens (including phenoxy) is 2. The average molecular weight is 658 g/mol. The van der Waals surface area contributed by atoms with Crippen LogP contribution < -0.4 is 19.1 Å². The monoisotopic (exact) mass is 657 g/mol. The normalized spacial score (nSPS) is 11.9. The summed E-state index contributed by atoms with van der Waals surface area (Å²) in [5.74, 6) is -0.251. The van der Waals surface area contributed by atoms with Crippen LogP contribution in [0.25, 0.3) is 0 Å². The molecule has 0 heterocycles. The van der Waals surface area contributed by atoms with Crippen LogP contribution in [0.5, 0.6) is 11.5 Å². The molecule has 0 unspecified atom stereocenters. The smallest absolute Gasteiger partial charge is 0.264 e. The van der Waals surface area contributed by atoms with Gasteiger partial charge in [0.25, 0.3) is 10.0 Å². The van der Waals surface area contributed by atoms with Crippen LogP contribution in [0, 0.1) is 13.8 Å². The molecule has 0 aromatic heterocycles. The van der Waals surface area contributed by atoms with Crippen LogP contribution in [0.3, 0.4) is 0 Å². The van der Waals surface area contributed by atoms with Crippen LogP contribution in [0.2, 0.25) is 0 Å². The van der Waals surface area contributed by atoms with Gasteiger partial charge in [-0.15, -0.1) is 0 Å². The van der Waals surface area contributed by atoms with Crippen molar-refractivity contribution in [3.8, 4) is 11.5 Å². The number of carbonyl (C=O) groups excluding carboxylic acids is 2. The van der Waals surface area contributed by atoms with Gasteiger partial charge in [-0.2, -0.15) is 0 Å². The molecule has 0 bridgehead atoms. The number of nitrogens with one attached hydrogen (secondary N) is 1. The van der Waals surface area contributed by atoms with Crippen LogP contribution in [-0.2, 0) is 32.6 Å². The van der Waals surface area contributed by atoms with E-state index in [0.29, 0.717) is 11.4 Å². The van der Waals surface area contributed by atoms with Gasteiger partial charge >= 0.3 is 0 Å². The minimum atomic E-state index is -4.32. The summed E-state index contributed by atoms with van der Waals surface area (Å²) in [6.07, 6.45) is 0.240. The molecule has 0 aliphatic rings. The van der Waals surface area contributed by atoms with Gasteiger partial charge in [0, 0.05) is 25.1 Å². The van der Waals surface area contributed by atoms with Gasteiger partial charge < -0.3 is 19.7 Å². The summed E-state index contributed by atoms with van der Waals surface area (Å²) in [6, 6.07) is 27.4. The zero-order chi connectivity index (χ0) is 34.1. The fourth-order valence-electron chi connectivity index (χ4n) is 5.44. The van der Waals surface area contributed by atoms with Crippen molar-refractivity contribution >= 4 is 27.5 Å². The summed E-state index contributed by atoms with van der Waals surface area (Å²) >= 11 is 0. The Morgan fingerprint density at radius 3 is 1.89 bits per heavy atom. The van der Waals surface area contributed by atoms with E-state index < -0.39 is 28.5 Å². The first-order chi connectivity index (χ1) is 22.4. The lowest BCUT2D eigenvalue weighted by Crippen LogP contribution is -2.54. The highest BCUT2D eigenvalue weighted by molar-refractivity contribution is 7.92. The van der Waals surface area contributed by atoms with Gasteiger partial charge in [0.1, 0.15) is 12.6 Å². The van der Waals surface area contributed by atoms with Gasteiger partial charge in [0.05, 0.1) is 24.8 Å². The molecule has 0 aliphatic carbocycles. The van der Waals surface area contributed by atoms with E-state index in [0.717, 1.165) is 26.6 Å². The molecule has 0 saturated carbocycles. The molecule has 0 fully saturated rings. The number of methoxy groups -OCH3 is 2. The maximum Gasteiger partial charge on any atom is 0.264 e. The summed E-state index contributed by atoms with van der Waals surface area (Å²) < 4.78 is 40.8.